The zero-order chi connectivity index (χ0) is 22.0. The molecule has 10 nitrogen and oxygen atoms in total. The maximum Gasteiger partial charge on any atom is 0.171 e. The first kappa shape index (κ1) is 19.7. The minimum atomic E-state index is -0.0111. The summed E-state index contributed by atoms with van der Waals surface area (Å²) in [6.07, 6.45) is 1.53. The molecule has 0 bridgehead atoms. The van der Waals surface area contributed by atoms with Crippen LogP contribution in [0.2, 0.25) is 0 Å². The Kier molecular flexibility index (Phi) is 5.10. The molecule has 7 N–H and O–H groups in total. The third-order valence-electron chi connectivity index (χ3n) is 4.80. The van der Waals surface area contributed by atoms with Crippen molar-refractivity contribution in [1.82, 2.24) is 15.0 Å². The number of oxime groups is 2. The molecule has 0 aliphatic carbocycles. The molecule has 0 spiro atoms. The molecule has 4 aromatic rings. The van der Waals surface area contributed by atoms with Crippen LogP contribution in [-0.4, -0.2) is 44.1 Å². The molecule has 0 aliphatic rings. The molecular weight excluding hydrogens is 398 g/mol. The second-order valence-electron chi connectivity index (χ2n) is 6.63. The molecule has 0 saturated heterocycles. The second kappa shape index (κ2) is 8.03. The second-order valence-corrected chi connectivity index (χ2v) is 6.63. The highest BCUT2D eigenvalue weighted by Gasteiger charge is 2.14. The number of hydrogen-bond donors (Lipinski definition) is 5. The van der Waals surface area contributed by atoms with Gasteiger partial charge in [0.05, 0.1) is 29.4 Å². The standard InChI is InChI=1S/C21H19N7O3/c1-31-18-7-4-11(15-5-3-13(10-24-15)20(23)28-30)8-14(18)21-25-16-6-2-12(19(22)27-29)9-17(16)26-21/h2-10,29-30H,1H3,(H2,22,27)(H2,23,28)(H,25,26). The van der Waals surface area contributed by atoms with Gasteiger partial charge in [-0.1, -0.05) is 10.3 Å². The van der Waals surface area contributed by atoms with E-state index in [2.05, 4.69) is 25.3 Å². The van der Waals surface area contributed by atoms with Crippen molar-refractivity contribution in [2.75, 3.05) is 7.11 Å². The first-order valence-electron chi connectivity index (χ1n) is 9.14. The third-order valence-corrected chi connectivity index (χ3v) is 4.80. The van der Waals surface area contributed by atoms with Gasteiger partial charge in [0.1, 0.15) is 11.6 Å². The van der Waals surface area contributed by atoms with Gasteiger partial charge in [0, 0.05) is 22.9 Å². The van der Waals surface area contributed by atoms with E-state index in [0.717, 1.165) is 22.2 Å². The van der Waals surface area contributed by atoms with E-state index >= 15 is 0 Å². The molecule has 0 aliphatic heterocycles. The summed E-state index contributed by atoms with van der Waals surface area (Å²) >= 11 is 0. The van der Waals surface area contributed by atoms with Crippen molar-refractivity contribution in [3.63, 3.8) is 0 Å². The zero-order valence-corrected chi connectivity index (χ0v) is 16.4. The van der Waals surface area contributed by atoms with E-state index in [1.54, 1.807) is 37.4 Å². The summed E-state index contributed by atoms with van der Waals surface area (Å²) in [6, 6.07) is 14.4. The number of ether oxygens (including phenoxy) is 1. The number of H-pyrrole nitrogens is 1. The highest BCUT2D eigenvalue weighted by atomic mass is 16.5. The Morgan fingerprint density at radius 1 is 0.968 bits per heavy atom. The third kappa shape index (κ3) is 3.69. The number of nitrogens with one attached hydrogen (secondary N) is 1. The number of rotatable bonds is 5. The van der Waals surface area contributed by atoms with Crippen molar-refractivity contribution < 1.29 is 15.2 Å². The number of aromatic amines is 1. The maximum absolute atomic E-state index is 8.90. The van der Waals surface area contributed by atoms with Gasteiger partial charge in [-0.15, -0.1) is 0 Å². The predicted octanol–water partition coefficient (Wildman–Crippen LogP) is 2.49. The first-order chi connectivity index (χ1) is 15.0. The Bertz CT molecular complexity index is 1310. The Labute approximate surface area is 176 Å². The summed E-state index contributed by atoms with van der Waals surface area (Å²) in [7, 11) is 1.59. The Hall–Kier alpha value is -4.60. The molecule has 2 aromatic heterocycles. The number of aromatic nitrogens is 3. The van der Waals surface area contributed by atoms with Crippen molar-refractivity contribution >= 4 is 22.7 Å². The summed E-state index contributed by atoms with van der Waals surface area (Å²) in [5, 5.41) is 23.7. The van der Waals surface area contributed by atoms with Gasteiger partial charge in [0.15, 0.2) is 11.7 Å². The lowest BCUT2D eigenvalue weighted by Gasteiger charge is -2.09. The molecule has 0 atom stereocenters. The molecule has 4 rings (SSSR count). The smallest absolute Gasteiger partial charge is 0.171 e. The van der Waals surface area contributed by atoms with Crippen molar-refractivity contribution in [3.05, 3.63) is 65.9 Å². The van der Waals surface area contributed by atoms with Crippen molar-refractivity contribution in [2.45, 2.75) is 0 Å². The summed E-state index contributed by atoms with van der Waals surface area (Å²) < 4.78 is 5.52. The number of amidine groups is 2. The van der Waals surface area contributed by atoms with Crippen LogP contribution in [0.4, 0.5) is 0 Å². The molecule has 0 unspecified atom stereocenters. The number of nitrogens with zero attached hydrogens (tertiary/aromatic N) is 4. The predicted molar refractivity (Wildman–Crippen MR) is 116 cm³/mol. The summed E-state index contributed by atoms with van der Waals surface area (Å²) in [5.41, 5.74) is 16.1. The lowest BCUT2D eigenvalue weighted by molar-refractivity contribution is 0.318. The highest BCUT2D eigenvalue weighted by molar-refractivity contribution is 6.00. The number of pyridine rings is 1. The Balaban J connectivity index is 1.77. The number of benzene rings is 2. The van der Waals surface area contributed by atoms with Crippen LogP contribution in [0.15, 0.2) is 65.0 Å². The van der Waals surface area contributed by atoms with Gasteiger partial charge in [0.25, 0.3) is 0 Å². The molecule has 0 radical (unpaired) electrons. The normalized spacial score (nSPS) is 12.3. The summed E-state index contributed by atoms with van der Waals surface area (Å²) in [6.45, 7) is 0. The van der Waals surface area contributed by atoms with Crippen molar-refractivity contribution in [1.29, 1.82) is 0 Å². The largest absolute Gasteiger partial charge is 0.496 e. The number of methoxy groups -OCH3 is 1. The number of fused-ring (bicyclic) bond motifs is 1. The average molecular weight is 417 g/mol. The lowest BCUT2D eigenvalue weighted by atomic mass is 10.1. The number of hydrogen-bond acceptors (Lipinski definition) is 7. The molecule has 0 saturated carbocycles. The van der Waals surface area contributed by atoms with E-state index in [1.807, 2.05) is 18.2 Å². The topological polar surface area (TPSA) is 168 Å². The van der Waals surface area contributed by atoms with E-state index in [1.165, 1.54) is 6.20 Å². The minimum absolute atomic E-state index is 0.0111. The molecule has 0 amide bonds. The molecule has 2 aromatic carbocycles. The van der Waals surface area contributed by atoms with Gasteiger partial charge in [-0.25, -0.2) is 4.98 Å². The highest BCUT2D eigenvalue weighted by Crippen LogP contribution is 2.33. The molecule has 156 valence electrons. The van der Waals surface area contributed by atoms with Crippen LogP contribution in [0.3, 0.4) is 0 Å². The monoisotopic (exact) mass is 417 g/mol. The molecular formula is C21H19N7O3. The lowest BCUT2D eigenvalue weighted by Crippen LogP contribution is -2.13. The fourth-order valence-corrected chi connectivity index (χ4v) is 3.18. The van der Waals surface area contributed by atoms with Crippen molar-refractivity contribution in [3.8, 4) is 28.4 Å². The quantitative estimate of drug-likeness (QED) is 0.144. The molecule has 2 heterocycles. The van der Waals surface area contributed by atoms with Crippen LogP contribution in [-0.2, 0) is 0 Å². The molecule has 0 fully saturated rings. The number of nitrogens with two attached hydrogens (primary N) is 2. The molecule has 31 heavy (non-hydrogen) atoms. The zero-order valence-electron chi connectivity index (χ0n) is 16.4. The minimum Gasteiger partial charge on any atom is -0.496 e. The fourth-order valence-electron chi connectivity index (χ4n) is 3.18. The maximum atomic E-state index is 8.90. The van der Waals surface area contributed by atoms with Gasteiger partial charge in [-0.2, -0.15) is 0 Å². The number of imidazole rings is 1. The van der Waals surface area contributed by atoms with Crippen LogP contribution in [0.25, 0.3) is 33.7 Å². The van der Waals surface area contributed by atoms with Crippen LogP contribution in [0.5, 0.6) is 5.75 Å². The first-order valence-corrected chi connectivity index (χ1v) is 9.14. The van der Waals surface area contributed by atoms with Gasteiger partial charge >= 0.3 is 0 Å². The Morgan fingerprint density at radius 3 is 2.39 bits per heavy atom. The van der Waals surface area contributed by atoms with Crippen molar-refractivity contribution in [2.24, 2.45) is 21.8 Å². The summed E-state index contributed by atoms with van der Waals surface area (Å²) in [5.74, 6) is 1.23. The summed E-state index contributed by atoms with van der Waals surface area (Å²) in [4.78, 5) is 12.3. The van der Waals surface area contributed by atoms with Crippen LogP contribution in [0.1, 0.15) is 11.1 Å². The van der Waals surface area contributed by atoms with Gasteiger partial charge in [-0.3, -0.25) is 4.98 Å². The fraction of sp³-hybridized carbons (Fsp3) is 0.0476. The molecule has 10 heteroatoms. The van der Waals surface area contributed by atoms with E-state index in [0.29, 0.717) is 28.4 Å². The van der Waals surface area contributed by atoms with Gasteiger partial charge in [-0.05, 0) is 48.5 Å². The van der Waals surface area contributed by atoms with E-state index in [-0.39, 0.29) is 11.7 Å². The van der Waals surface area contributed by atoms with E-state index in [4.69, 9.17) is 26.6 Å². The van der Waals surface area contributed by atoms with Crippen LogP contribution in [0, 0.1) is 0 Å². The van der Waals surface area contributed by atoms with Gasteiger partial charge in [0.2, 0.25) is 0 Å². The van der Waals surface area contributed by atoms with E-state index < -0.39 is 0 Å². The van der Waals surface area contributed by atoms with Crippen LogP contribution >= 0.6 is 0 Å². The van der Waals surface area contributed by atoms with Crippen LogP contribution < -0.4 is 16.2 Å². The Morgan fingerprint density at radius 2 is 1.71 bits per heavy atom. The SMILES string of the molecule is COc1ccc(-c2ccc(C(N)=NO)cn2)cc1-c1nc2ccc(C(N)=NO)cc2[nH]1. The van der Waals surface area contributed by atoms with E-state index in [9.17, 15) is 0 Å². The van der Waals surface area contributed by atoms with Gasteiger partial charge < -0.3 is 31.6 Å². The average Bonchev–Trinajstić information content (AvgIpc) is 3.26.